The van der Waals surface area contributed by atoms with Crippen LogP contribution in [0.4, 0.5) is 0 Å². The summed E-state index contributed by atoms with van der Waals surface area (Å²) in [5.74, 6) is -0.485. The second-order valence-corrected chi connectivity index (χ2v) is 10.8. The Hall–Kier alpha value is -4.75. The molecule has 41 heavy (non-hydrogen) atoms. The van der Waals surface area contributed by atoms with Crippen LogP contribution in [0.1, 0.15) is 35.3 Å². The minimum Gasteiger partial charge on any atom is -0.463 e. The standard InChI is InChI=1S/C34H29N3O3S/c1-4-20-36-22(3)26(25-18-12-13-19-27(25)36)21-28-32(38)37-31(24-16-10-7-11-17-24)29(33(39)40-5-2)30(35-34(37)41-28)23-14-8-6-9-15-23/h4,6-19,21,31H,1,5,20H2,2-3H3/b28-21-/t31-/m0/s1. The fourth-order valence-corrected chi connectivity index (χ4v) is 6.51. The third-order valence-electron chi connectivity index (χ3n) is 7.36. The molecule has 0 saturated carbocycles. The van der Waals surface area contributed by atoms with Gasteiger partial charge in [0.1, 0.15) is 0 Å². The molecule has 0 saturated heterocycles. The van der Waals surface area contributed by atoms with E-state index in [4.69, 9.17) is 9.73 Å². The number of hydrogen-bond acceptors (Lipinski definition) is 5. The minimum atomic E-state index is -0.688. The molecule has 0 fully saturated rings. The second-order valence-electron chi connectivity index (χ2n) is 9.76. The molecule has 0 unspecified atom stereocenters. The smallest absolute Gasteiger partial charge is 0.338 e. The average Bonchev–Trinajstić information content (AvgIpc) is 3.46. The number of ether oxygens (including phenoxy) is 1. The van der Waals surface area contributed by atoms with E-state index < -0.39 is 12.0 Å². The molecule has 204 valence electrons. The highest BCUT2D eigenvalue weighted by Crippen LogP contribution is 2.35. The summed E-state index contributed by atoms with van der Waals surface area (Å²) in [6, 6.07) is 26.7. The Morgan fingerprint density at radius 1 is 1.02 bits per heavy atom. The number of rotatable bonds is 7. The SMILES string of the molecule is C=CCn1c(C)c(/C=c2\sc3n(c2=O)[C@@H](c2ccccc2)C(C(=O)OCC)=C(c2ccccc2)N=3)c2ccccc21. The lowest BCUT2D eigenvalue weighted by Crippen LogP contribution is -2.40. The van der Waals surface area contributed by atoms with Gasteiger partial charge in [0.25, 0.3) is 5.56 Å². The Morgan fingerprint density at radius 3 is 2.41 bits per heavy atom. The van der Waals surface area contributed by atoms with E-state index in [1.165, 1.54) is 11.3 Å². The van der Waals surface area contributed by atoms with Gasteiger partial charge in [-0.3, -0.25) is 9.36 Å². The van der Waals surface area contributed by atoms with Crippen molar-refractivity contribution in [1.82, 2.24) is 9.13 Å². The molecule has 3 heterocycles. The van der Waals surface area contributed by atoms with Crippen LogP contribution in [0.25, 0.3) is 22.7 Å². The molecule has 0 radical (unpaired) electrons. The van der Waals surface area contributed by atoms with Crippen LogP contribution in [-0.2, 0) is 16.1 Å². The number of esters is 1. The van der Waals surface area contributed by atoms with Gasteiger partial charge in [-0.25, -0.2) is 9.79 Å². The van der Waals surface area contributed by atoms with Crippen molar-refractivity contribution in [2.24, 2.45) is 4.99 Å². The number of aromatic nitrogens is 2. The molecule has 1 atom stereocenters. The lowest BCUT2D eigenvalue weighted by molar-refractivity contribution is -0.138. The summed E-state index contributed by atoms with van der Waals surface area (Å²) in [6.45, 7) is 8.64. The number of allylic oxidation sites excluding steroid dienone is 1. The van der Waals surface area contributed by atoms with Crippen molar-refractivity contribution in [1.29, 1.82) is 0 Å². The number of carbonyl (C=O) groups excluding carboxylic acids is 1. The largest absolute Gasteiger partial charge is 0.463 e. The van der Waals surface area contributed by atoms with Crippen LogP contribution in [0.2, 0.25) is 0 Å². The molecule has 0 aliphatic carbocycles. The first-order chi connectivity index (χ1) is 20.0. The quantitative estimate of drug-likeness (QED) is 0.199. The van der Waals surface area contributed by atoms with Crippen molar-refractivity contribution >= 4 is 40.0 Å². The maximum Gasteiger partial charge on any atom is 0.338 e. The van der Waals surface area contributed by atoms with Crippen LogP contribution in [0.5, 0.6) is 0 Å². The van der Waals surface area contributed by atoms with Gasteiger partial charge in [-0.05, 0) is 31.6 Å². The number of nitrogens with zero attached hydrogens (tertiary/aromatic N) is 3. The first-order valence-electron chi connectivity index (χ1n) is 13.6. The normalized spacial score (nSPS) is 15.1. The minimum absolute atomic E-state index is 0.198. The number of benzene rings is 3. The van der Waals surface area contributed by atoms with Crippen molar-refractivity contribution in [2.75, 3.05) is 6.61 Å². The van der Waals surface area contributed by atoms with Gasteiger partial charge in [-0.2, -0.15) is 0 Å². The summed E-state index contributed by atoms with van der Waals surface area (Å²) < 4.78 is 9.93. The Kier molecular flexibility index (Phi) is 7.12. The van der Waals surface area contributed by atoms with E-state index in [-0.39, 0.29) is 12.2 Å². The highest BCUT2D eigenvalue weighted by atomic mass is 32.1. The molecule has 5 aromatic rings. The molecule has 6 nitrogen and oxygen atoms in total. The van der Waals surface area contributed by atoms with Crippen LogP contribution in [0, 0.1) is 6.92 Å². The van der Waals surface area contributed by atoms with Gasteiger partial charge in [0.2, 0.25) is 0 Å². The summed E-state index contributed by atoms with van der Waals surface area (Å²) >= 11 is 1.33. The zero-order valence-corrected chi connectivity index (χ0v) is 23.7. The molecule has 3 aromatic carbocycles. The van der Waals surface area contributed by atoms with E-state index in [0.29, 0.717) is 27.1 Å². The maximum atomic E-state index is 14.2. The Morgan fingerprint density at radius 2 is 1.71 bits per heavy atom. The van der Waals surface area contributed by atoms with Gasteiger partial charge in [-0.15, -0.1) is 6.58 Å². The van der Waals surface area contributed by atoms with Gasteiger partial charge in [0, 0.05) is 34.3 Å². The first kappa shape index (κ1) is 26.5. The highest BCUT2D eigenvalue weighted by Gasteiger charge is 2.35. The Labute approximate surface area is 241 Å². The van der Waals surface area contributed by atoms with Crippen molar-refractivity contribution < 1.29 is 9.53 Å². The number of para-hydroxylation sites is 1. The van der Waals surface area contributed by atoms with Crippen molar-refractivity contribution in [3.63, 3.8) is 0 Å². The lowest BCUT2D eigenvalue weighted by atomic mass is 9.93. The monoisotopic (exact) mass is 559 g/mol. The number of fused-ring (bicyclic) bond motifs is 2. The second kappa shape index (κ2) is 11.0. The van der Waals surface area contributed by atoms with E-state index in [1.807, 2.05) is 84.9 Å². The molecular weight excluding hydrogens is 530 g/mol. The van der Waals surface area contributed by atoms with Gasteiger partial charge >= 0.3 is 5.97 Å². The predicted molar refractivity (Wildman–Crippen MR) is 164 cm³/mol. The number of hydrogen-bond donors (Lipinski definition) is 0. The zero-order valence-electron chi connectivity index (χ0n) is 22.9. The van der Waals surface area contributed by atoms with Gasteiger partial charge in [0.05, 0.1) is 28.5 Å². The molecule has 0 spiro atoms. The molecule has 0 bridgehead atoms. The van der Waals surface area contributed by atoms with E-state index >= 15 is 0 Å². The Bertz CT molecular complexity index is 2000. The van der Waals surface area contributed by atoms with E-state index in [1.54, 1.807) is 11.5 Å². The van der Waals surface area contributed by atoms with Crippen LogP contribution in [0.3, 0.4) is 0 Å². The fraction of sp³-hybridized carbons (Fsp3) is 0.147. The predicted octanol–water partition coefficient (Wildman–Crippen LogP) is 5.38. The molecule has 6 rings (SSSR count). The third-order valence-corrected chi connectivity index (χ3v) is 8.34. The van der Waals surface area contributed by atoms with Crippen LogP contribution >= 0.6 is 11.3 Å². The van der Waals surface area contributed by atoms with E-state index in [0.717, 1.165) is 33.3 Å². The van der Waals surface area contributed by atoms with E-state index in [9.17, 15) is 9.59 Å². The van der Waals surface area contributed by atoms with Crippen molar-refractivity contribution in [3.8, 4) is 0 Å². The van der Waals surface area contributed by atoms with Crippen molar-refractivity contribution in [3.05, 3.63) is 145 Å². The number of carbonyl (C=O) groups is 1. The van der Waals surface area contributed by atoms with Gasteiger partial charge in [0.15, 0.2) is 4.80 Å². The average molecular weight is 560 g/mol. The van der Waals surface area contributed by atoms with Crippen LogP contribution in [0.15, 0.2) is 113 Å². The maximum absolute atomic E-state index is 14.2. The zero-order chi connectivity index (χ0) is 28.5. The summed E-state index contributed by atoms with van der Waals surface area (Å²) in [6.07, 6.45) is 3.83. The topological polar surface area (TPSA) is 65.6 Å². The summed E-state index contributed by atoms with van der Waals surface area (Å²) in [5.41, 5.74) is 5.39. The van der Waals surface area contributed by atoms with Crippen LogP contribution in [-0.4, -0.2) is 21.7 Å². The molecule has 1 aliphatic heterocycles. The molecule has 0 amide bonds. The lowest BCUT2D eigenvalue weighted by Gasteiger charge is -2.25. The molecular formula is C34H29N3O3S. The first-order valence-corrected chi connectivity index (χ1v) is 14.4. The highest BCUT2D eigenvalue weighted by molar-refractivity contribution is 7.07. The van der Waals surface area contributed by atoms with E-state index in [2.05, 4.69) is 30.2 Å². The summed E-state index contributed by atoms with van der Waals surface area (Å²) in [5, 5.41) is 1.06. The summed E-state index contributed by atoms with van der Waals surface area (Å²) in [7, 11) is 0. The molecule has 1 aliphatic rings. The van der Waals surface area contributed by atoms with Gasteiger partial charge in [-0.1, -0.05) is 96.3 Å². The third kappa shape index (κ3) is 4.58. The van der Waals surface area contributed by atoms with Gasteiger partial charge < -0.3 is 9.30 Å². The van der Waals surface area contributed by atoms with Crippen molar-refractivity contribution in [2.45, 2.75) is 26.4 Å². The van der Waals surface area contributed by atoms with Crippen LogP contribution < -0.4 is 14.9 Å². The molecule has 2 aromatic heterocycles. The fourth-order valence-electron chi connectivity index (χ4n) is 5.53. The Balaban J connectivity index is 1.66. The summed E-state index contributed by atoms with van der Waals surface area (Å²) in [4.78, 5) is 33.3. The molecule has 0 N–H and O–H groups in total. The molecule has 7 heteroatoms. The number of thiazole rings is 1.